The number of halogens is 3. The maximum absolute atomic E-state index is 13.6. The Balaban J connectivity index is 2.07. The molecule has 8 heteroatoms. The average molecular weight is 390 g/mol. The fourth-order valence-corrected chi connectivity index (χ4v) is 3.43. The molecule has 3 aromatic rings. The molecule has 1 aliphatic heterocycles. The van der Waals surface area contributed by atoms with Gasteiger partial charge in [-0.25, -0.2) is 0 Å². The van der Waals surface area contributed by atoms with Crippen molar-refractivity contribution in [2.24, 2.45) is 0 Å². The molecule has 3 aromatic carbocycles. The van der Waals surface area contributed by atoms with Gasteiger partial charge in [-0.3, -0.25) is 0 Å². The third-order valence-corrected chi connectivity index (χ3v) is 4.68. The number of phenolic OH excluding ortho intramolecular Hbond substituents is 4. The highest BCUT2D eigenvalue weighted by Crippen LogP contribution is 2.57. The summed E-state index contributed by atoms with van der Waals surface area (Å²) in [6.45, 7) is 0. The van der Waals surface area contributed by atoms with E-state index in [9.17, 15) is 33.6 Å². The van der Waals surface area contributed by atoms with Crippen LogP contribution in [-0.4, -0.2) is 20.4 Å². The predicted octanol–water partition coefficient (Wildman–Crippen LogP) is 4.81. The highest BCUT2D eigenvalue weighted by Gasteiger charge is 2.40. The lowest BCUT2D eigenvalue weighted by atomic mass is 9.80. The largest absolute Gasteiger partial charge is 0.504 e. The number of rotatable bonds is 1. The molecule has 144 valence electrons. The van der Waals surface area contributed by atoms with Crippen LogP contribution in [0.15, 0.2) is 48.5 Å². The van der Waals surface area contributed by atoms with E-state index in [2.05, 4.69) is 0 Å². The van der Waals surface area contributed by atoms with Crippen molar-refractivity contribution in [1.82, 2.24) is 0 Å². The first-order chi connectivity index (χ1) is 13.2. The van der Waals surface area contributed by atoms with Crippen LogP contribution in [0.4, 0.5) is 13.2 Å². The molecular weight excluding hydrogens is 377 g/mol. The van der Waals surface area contributed by atoms with E-state index < -0.39 is 40.7 Å². The zero-order valence-electron chi connectivity index (χ0n) is 14.0. The molecule has 0 saturated carbocycles. The van der Waals surface area contributed by atoms with Gasteiger partial charge in [-0.15, -0.1) is 0 Å². The predicted molar refractivity (Wildman–Crippen MR) is 92.0 cm³/mol. The van der Waals surface area contributed by atoms with E-state index in [0.29, 0.717) is 0 Å². The van der Waals surface area contributed by atoms with Crippen molar-refractivity contribution in [3.05, 3.63) is 70.8 Å². The van der Waals surface area contributed by atoms with Crippen molar-refractivity contribution in [2.45, 2.75) is 12.1 Å². The van der Waals surface area contributed by atoms with Crippen LogP contribution in [0.3, 0.4) is 0 Å². The SMILES string of the molecule is Oc1ccc2c(c1O)Oc1c(ccc(O)c1O)C2c1ccccc1C(F)(F)F. The second-order valence-corrected chi connectivity index (χ2v) is 6.32. The molecule has 5 nitrogen and oxygen atoms in total. The van der Waals surface area contributed by atoms with Gasteiger partial charge in [-0.2, -0.15) is 13.2 Å². The van der Waals surface area contributed by atoms with Crippen LogP contribution in [0.25, 0.3) is 0 Å². The van der Waals surface area contributed by atoms with E-state index in [1.165, 1.54) is 30.3 Å². The number of hydrogen-bond donors (Lipinski definition) is 4. The molecule has 0 aromatic heterocycles. The van der Waals surface area contributed by atoms with Crippen LogP contribution in [0.1, 0.15) is 28.2 Å². The summed E-state index contributed by atoms with van der Waals surface area (Å²) in [5.41, 5.74) is -0.677. The van der Waals surface area contributed by atoms with Crippen LogP contribution in [-0.2, 0) is 6.18 Å². The maximum Gasteiger partial charge on any atom is 0.416 e. The molecule has 4 N–H and O–H groups in total. The van der Waals surface area contributed by atoms with Crippen molar-refractivity contribution in [1.29, 1.82) is 0 Å². The van der Waals surface area contributed by atoms with Gasteiger partial charge in [0.15, 0.2) is 23.0 Å². The molecule has 0 amide bonds. The zero-order chi connectivity index (χ0) is 20.2. The van der Waals surface area contributed by atoms with Gasteiger partial charge in [0.2, 0.25) is 11.5 Å². The van der Waals surface area contributed by atoms with Gasteiger partial charge in [0.25, 0.3) is 0 Å². The Kier molecular flexibility index (Phi) is 3.81. The number of fused-ring (bicyclic) bond motifs is 2. The Morgan fingerprint density at radius 2 is 1.18 bits per heavy atom. The minimum absolute atomic E-state index is 0.129. The minimum Gasteiger partial charge on any atom is -0.504 e. The first-order valence-corrected chi connectivity index (χ1v) is 8.13. The smallest absolute Gasteiger partial charge is 0.416 e. The molecule has 0 radical (unpaired) electrons. The topological polar surface area (TPSA) is 90.2 Å². The Morgan fingerprint density at radius 1 is 0.679 bits per heavy atom. The maximum atomic E-state index is 13.6. The number of aromatic hydroxyl groups is 4. The van der Waals surface area contributed by atoms with E-state index in [0.717, 1.165) is 18.2 Å². The number of benzene rings is 3. The van der Waals surface area contributed by atoms with E-state index in [-0.39, 0.29) is 28.2 Å². The van der Waals surface area contributed by atoms with Crippen molar-refractivity contribution in [3.63, 3.8) is 0 Å². The Hall–Kier alpha value is -3.55. The summed E-state index contributed by atoms with van der Waals surface area (Å²) >= 11 is 0. The highest BCUT2D eigenvalue weighted by molar-refractivity contribution is 5.69. The molecule has 0 bridgehead atoms. The fraction of sp³-hybridized carbons (Fsp3) is 0.100. The molecule has 0 spiro atoms. The molecule has 1 aliphatic rings. The standard InChI is InChI=1S/C20H13F3O5/c21-20(22,23)12-4-2-1-3-9(12)15-10-5-7-13(24)16(26)18(10)28-19-11(15)6-8-14(25)17(19)27/h1-8,15,24-27H. The van der Waals surface area contributed by atoms with Crippen molar-refractivity contribution < 1.29 is 38.3 Å². The molecular formula is C20H13F3O5. The zero-order valence-corrected chi connectivity index (χ0v) is 14.0. The van der Waals surface area contributed by atoms with Crippen molar-refractivity contribution in [2.75, 3.05) is 0 Å². The molecule has 0 fully saturated rings. The first-order valence-electron chi connectivity index (χ1n) is 8.13. The summed E-state index contributed by atoms with van der Waals surface area (Å²) in [5.74, 6) is -4.10. The molecule has 0 saturated heterocycles. The summed E-state index contributed by atoms with van der Waals surface area (Å²) in [4.78, 5) is 0. The highest BCUT2D eigenvalue weighted by atomic mass is 19.4. The molecule has 0 aliphatic carbocycles. The lowest BCUT2D eigenvalue weighted by Gasteiger charge is -2.31. The molecule has 0 unspecified atom stereocenters. The normalized spacial score (nSPS) is 13.5. The van der Waals surface area contributed by atoms with E-state index >= 15 is 0 Å². The summed E-state index contributed by atoms with van der Waals surface area (Å²) in [6.07, 6.45) is -4.65. The van der Waals surface area contributed by atoms with E-state index in [1.54, 1.807) is 0 Å². The monoisotopic (exact) mass is 390 g/mol. The number of phenols is 4. The Morgan fingerprint density at radius 3 is 1.68 bits per heavy atom. The molecule has 1 heterocycles. The summed E-state index contributed by atoms with van der Waals surface area (Å²) in [6, 6.07) is 9.91. The second kappa shape index (κ2) is 5.98. The number of hydrogen-bond acceptors (Lipinski definition) is 5. The van der Waals surface area contributed by atoms with Gasteiger partial charge in [0.1, 0.15) is 0 Å². The lowest BCUT2D eigenvalue weighted by molar-refractivity contribution is -0.138. The van der Waals surface area contributed by atoms with Gasteiger partial charge in [-0.05, 0) is 23.8 Å². The molecule has 4 rings (SSSR count). The number of ether oxygens (including phenoxy) is 1. The third kappa shape index (κ3) is 2.57. The van der Waals surface area contributed by atoms with Crippen LogP contribution in [0, 0.1) is 0 Å². The summed E-state index contributed by atoms with van der Waals surface area (Å²) < 4.78 is 46.4. The summed E-state index contributed by atoms with van der Waals surface area (Å²) in [7, 11) is 0. The van der Waals surface area contributed by atoms with Gasteiger partial charge in [0.05, 0.1) is 5.56 Å². The Bertz CT molecular complexity index is 1030. The molecule has 28 heavy (non-hydrogen) atoms. The first kappa shape index (κ1) is 17.8. The average Bonchev–Trinajstić information content (AvgIpc) is 2.66. The van der Waals surface area contributed by atoms with Gasteiger partial charge in [-0.1, -0.05) is 30.3 Å². The summed E-state index contributed by atoms with van der Waals surface area (Å²) in [5, 5.41) is 39.9. The van der Waals surface area contributed by atoms with Gasteiger partial charge >= 0.3 is 6.18 Å². The van der Waals surface area contributed by atoms with E-state index in [4.69, 9.17) is 4.74 Å². The van der Waals surface area contributed by atoms with Gasteiger partial charge in [0, 0.05) is 17.0 Å². The van der Waals surface area contributed by atoms with E-state index in [1.807, 2.05) is 0 Å². The third-order valence-electron chi connectivity index (χ3n) is 4.68. The van der Waals surface area contributed by atoms with Crippen LogP contribution < -0.4 is 4.74 Å². The second-order valence-electron chi connectivity index (χ2n) is 6.32. The van der Waals surface area contributed by atoms with Crippen molar-refractivity contribution >= 4 is 0 Å². The number of alkyl halides is 3. The van der Waals surface area contributed by atoms with Crippen LogP contribution >= 0.6 is 0 Å². The quantitative estimate of drug-likeness (QED) is 0.350. The molecule has 0 atom stereocenters. The minimum atomic E-state index is -4.65. The lowest BCUT2D eigenvalue weighted by Crippen LogP contribution is -2.17. The fourth-order valence-electron chi connectivity index (χ4n) is 3.43. The van der Waals surface area contributed by atoms with Crippen LogP contribution in [0.2, 0.25) is 0 Å². The van der Waals surface area contributed by atoms with Crippen LogP contribution in [0.5, 0.6) is 34.5 Å². The van der Waals surface area contributed by atoms with Crippen molar-refractivity contribution in [3.8, 4) is 34.5 Å². The Labute approximate surface area is 156 Å². The van der Waals surface area contributed by atoms with Gasteiger partial charge < -0.3 is 25.2 Å².